The minimum atomic E-state index is -0.621. The van der Waals surface area contributed by atoms with Crippen molar-refractivity contribution in [2.45, 2.75) is 18.7 Å². The van der Waals surface area contributed by atoms with Crippen LogP contribution in [0.3, 0.4) is 0 Å². The van der Waals surface area contributed by atoms with E-state index in [0.717, 1.165) is 27.0 Å². The quantitative estimate of drug-likeness (QED) is 0.476. The van der Waals surface area contributed by atoms with Gasteiger partial charge in [-0.05, 0) is 67.4 Å². The molecule has 1 N–H and O–H groups in total. The molecule has 0 aromatic heterocycles. The van der Waals surface area contributed by atoms with E-state index in [1.807, 2.05) is 62.4 Å². The van der Waals surface area contributed by atoms with Gasteiger partial charge in [-0.2, -0.15) is 0 Å². The minimum Gasteiger partial charge on any atom is -0.350 e. The summed E-state index contributed by atoms with van der Waals surface area (Å²) in [6.45, 7) is 3.97. The Labute approximate surface area is 188 Å². The van der Waals surface area contributed by atoms with Gasteiger partial charge < -0.3 is 5.32 Å². The molecule has 4 nitrogen and oxygen atoms in total. The normalized spacial score (nSPS) is 13.9. The summed E-state index contributed by atoms with van der Waals surface area (Å²) in [6, 6.07) is 18.8. The first-order chi connectivity index (χ1) is 14.8. The van der Waals surface area contributed by atoms with Crippen molar-refractivity contribution in [3.05, 3.63) is 99.3 Å². The molecule has 7 heteroatoms. The summed E-state index contributed by atoms with van der Waals surface area (Å²) in [5.41, 5.74) is 3.26. The van der Waals surface area contributed by atoms with Gasteiger partial charge in [-0.1, -0.05) is 47.6 Å². The van der Waals surface area contributed by atoms with Crippen molar-refractivity contribution in [3.63, 3.8) is 0 Å². The third-order valence-corrected chi connectivity index (χ3v) is 6.32. The first-order valence-corrected chi connectivity index (χ1v) is 10.7. The average molecular weight is 453 g/mol. The summed E-state index contributed by atoms with van der Waals surface area (Å²) >= 11 is 7.10. The van der Waals surface area contributed by atoms with Crippen molar-refractivity contribution in [1.29, 1.82) is 0 Å². The maximum atomic E-state index is 13.6. The number of hydrogen-bond donors (Lipinski definition) is 1. The highest BCUT2D eigenvalue weighted by molar-refractivity contribution is 8.04. The summed E-state index contributed by atoms with van der Waals surface area (Å²) in [5.74, 6) is -1.64. The Morgan fingerprint density at radius 3 is 2.32 bits per heavy atom. The third kappa shape index (κ3) is 4.22. The third-order valence-electron chi connectivity index (χ3n) is 4.94. The van der Waals surface area contributed by atoms with Crippen molar-refractivity contribution in [3.8, 4) is 0 Å². The number of carbonyl (C=O) groups excluding carboxylic acids is 2. The van der Waals surface area contributed by atoms with Crippen LogP contribution in [-0.2, 0) is 9.59 Å². The highest BCUT2D eigenvalue weighted by Crippen LogP contribution is 2.38. The lowest BCUT2D eigenvalue weighted by atomic mass is 10.1. The fourth-order valence-corrected chi connectivity index (χ4v) is 4.27. The Kier molecular flexibility index (Phi) is 5.85. The average Bonchev–Trinajstić information content (AvgIpc) is 2.97. The van der Waals surface area contributed by atoms with E-state index in [-0.39, 0.29) is 21.3 Å². The predicted molar refractivity (Wildman–Crippen MR) is 123 cm³/mol. The van der Waals surface area contributed by atoms with Crippen LogP contribution >= 0.6 is 23.4 Å². The molecule has 0 saturated heterocycles. The van der Waals surface area contributed by atoms with E-state index >= 15 is 0 Å². The summed E-state index contributed by atoms with van der Waals surface area (Å²) in [7, 11) is 0. The molecule has 0 saturated carbocycles. The maximum Gasteiger partial charge on any atom is 0.283 e. The summed E-state index contributed by atoms with van der Waals surface area (Å²) < 4.78 is 13.6. The van der Waals surface area contributed by atoms with Gasteiger partial charge in [0.15, 0.2) is 0 Å². The molecule has 1 aliphatic heterocycles. The highest BCUT2D eigenvalue weighted by Gasteiger charge is 2.40. The maximum absolute atomic E-state index is 13.6. The molecule has 4 rings (SSSR count). The van der Waals surface area contributed by atoms with Crippen LogP contribution in [0.25, 0.3) is 0 Å². The summed E-state index contributed by atoms with van der Waals surface area (Å²) in [6.07, 6.45) is 0. The van der Waals surface area contributed by atoms with Gasteiger partial charge in [-0.15, -0.1) is 0 Å². The zero-order chi connectivity index (χ0) is 22.1. The number of nitrogens with one attached hydrogen (secondary N) is 1. The number of amides is 2. The number of thioether (sulfide) groups is 1. The number of anilines is 2. The highest BCUT2D eigenvalue weighted by atomic mass is 35.5. The van der Waals surface area contributed by atoms with E-state index in [0.29, 0.717) is 5.69 Å². The van der Waals surface area contributed by atoms with Crippen LogP contribution in [0.4, 0.5) is 15.8 Å². The zero-order valence-electron chi connectivity index (χ0n) is 16.8. The molecular formula is C24H18ClFN2O2S. The van der Waals surface area contributed by atoms with Crippen LogP contribution in [0.1, 0.15) is 11.1 Å². The van der Waals surface area contributed by atoms with Gasteiger partial charge in [0.05, 0.1) is 10.7 Å². The lowest BCUT2D eigenvalue weighted by Gasteiger charge is -2.16. The van der Waals surface area contributed by atoms with Gasteiger partial charge >= 0.3 is 0 Å². The second-order valence-electron chi connectivity index (χ2n) is 7.09. The molecule has 0 fully saturated rings. The summed E-state index contributed by atoms with van der Waals surface area (Å²) in [5, 5.41) is 2.96. The molecule has 0 unspecified atom stereocenters. The lowest BCUT2D eigenvalue weighted by Crippen LogP contribution is -2.32. The number of aryl methyl sites for hydroxylation is 2. The molecule has 1 heterocycles. The van der Waals surface area contributed by atoms with Crippen molar-refractivity contribution < 1.29 is 14.0 Å². The molecular weight excluding hydrogens is 435 g/mol. The zero-order valence-corrected chi connectivity index (χ0v) is 18.4. The van der Waals surface area contributed by atoms with E-state index in [1.165, 1.54) is 23.9 Å². The molecule has 0 aliphatic carbocycles. The first kappa shape index (κ1) is 21.2. The Hall–Kier alpha value is -3.09. The number of rotatable bonds is 5. The largest absolute Gasteiger partial charge is 0.350 e. The molecule has 156 valence electrons. The smallest absolute Gasteiger partial charge is 0.283 e. The number of benzene rings is 3. The van der Waals surface area contributed by atoms with Crippen LogP contribution in [0.15, 0.2) is 82.2 Å². The van der Waals surface area contributed by atoms with Crippen LogP contribution in [0, 0.1) is 19.7 Å². The SMILES string of the molecule is Cc1ccc(NC2=C(Sc3ccccc3)C(=O)N(c3ccc(F)c(Cl)c3)C2=O)cc1C. The molecule has 1 aliphatic rings. The van der Waals surface area contributed by atoms with E-state index < -0.39 is 17.6 Å². The topological polar surface area (TPSA) is 49.4 Å². The van der Waals surface area contributed by atoms with Crippen LogP contribution < -0.4 is 10.2 Å². The van der Waals surface area contributed by atoms with Gasteiger partial charge in [0.25, 0.3) is 11.8 Å². The van der Waals surface area contributed by atoms with Gasteiger partial charge in [-0.25, -0.2) is 9.29 Å². The van der Waals surface area contributed by atoms with Gasteiger partial charge in [0.2, 0.25) is 0 Å². The fourth-order valence-electron chi connectivity index (χ4n) is 3.14. The van der Waals surface area contributed by atoms with E-state index in [9.17, 15) is 14.0 Å². The minimum absolute atomic E-state index is 0.161. The number of nitrogens with zero attached hydrogens (tertiary/aromatic N) is 1. The Bertz CT molecular complexity index is 1230. The lowest BCUT2D eigenvalue weighted by molar-refractivity contribution is -0.120. The molecule has 2 amide bonds. The van der Waals surface area contributed by atoms with Crippen molar-refractivity contribution in [1.82, 2.24) is 0 Å². The molecule has 3 aromatic carbocycles. The monoisotopic (exact) mass is 452 g/mol. The standard InChI is InChI=1S/C24H18ClFN2O2S/c1-14-8-9-16(12-15(14)2)27-21-22(31-18-6-4-3-5-7-18)24(30)28(23(21)29)17-10-11-20(26)19(25)13-17/h3-13,27H,1-2H3. The Morgan fingerprint density at radius 1 is 0.903 bits per heavy atom. The van der Waals surface area contributed by atoms with E-state index in [2.05, 4.69) is 5.32 Å². The Balaban J connectivity index is 1.76. The fraction of sp³-hybridized carbons (Fsp3) is 0.0833. The summed E-state index contributed by atoms with van der Waals surface area (Å²) in [4.78, 5) is 28.7. The Morgan fingerprint density at radius 2 is 1.65 bits per heavy atom. The van der Waals surface area contributed by atoms with Gasteiger partial charge in [0, 0.05) is 10.6 Å². The number of hydrogen-bond acceptors (Lipinski definition) is 4. The second kappa shape index (κ2) is 8.57. The predicted octanol–water partition coefficient (Wildman–Crippen LogP) is 6.09. The molecule has 3 aromatic rings. The number of carbonyl (C=O) groups is 2. The van der Waals surface area contributed by atoms with Crippen LogP contribution in [-0.4, -0.2) is 11.8 Å². The van der Waals surface area contributed by atoms with E-state index in [1.54, 1.807) is 0 Å². The number of imide groups is 1. The molecule has 0 bridgehead atoms. The van der Waals surface area contributed by atoms with Crippen molar-refractivity contribution in [2.24, 2.45) is 0 Å². The van der Waals surface area contributed by atoms with Crippen molar-refractivity contribution in [2.75, 3.05) is 10.2 Å². The van der Waals surface area contributed by atoms with Gasteiger partial charge in [0.1, 0.15) is 16.4 Å². The van der Waals surface area contributed by atoms with Crippen molar-refractivity contribution >= 4 is 46.6 Å². The van der Waals surface area contributed by atoms with Crippen LogP contribution in [0.2, 0.25) is 5.02 Å². The number of halogens is 2. The van der Waals surface area contributed by atoms with Gasteiger partial charge in [-0.3, -0.25) is 9.59 Å². The van der Waals surface area contributed by atoms with Crippen LogP contribution in [0.5, 0.6) is 0 Å². The molecule has 0 spiro atoms. The first-order valence-electron chi connectivity index (χ1n) is 9.50. The van der Waals surface area contributed by atoms with E-state index in [4.69, 9.17) is 11.6 Å². The molecule has 0 radical (unpaired) electrons. The molecule has 0 atom stereocenters. The second-order valence-corrected chi connectivity index (χ2v) is 8.58. The molecule has 31 heavy (non-hydrogen) atoms.